The summed E-state index contributed by atoms with van der Waals surface area (Å²) >= 11 is 1.63. The first-order valence-electron chi connectivity index (χ1n) is 8.19. The number of imidazole rings is 1. The fourth-order valence-electron chi connectivity index (χ4n) is 3.12. The Balaban J connectivity index is 1.54. The number of carbonyl (C=O) groups is 1. The molecule has 1 unspecified atom stereocenters. The minimum absolute atomic E-state index is 0.213. The lowest BCUT2D eigenvalue weighted by Crippen LogP contribution is -2.48. The van der Waals surface area contributed by atoms with Gasteiger partial charge in [0.1, 0.15) is 5.65 Å². The van der Waals surface area contributed by atoms with E-state index in [1.165, 1.54) is 12.0 Å². The maximum Gasteiger partial charge on any atom is 0.232 e. The molecule has 0 saturated carbocycles. The molecule has 1 aliphatic rings. The lowest BCUT2D eigenvalue weighted by atomic mass is 10.0. The van der Waals surface area contributed by atoms with Crippen molar-refractivity contribution in [2.24, 2.45) is 5.73 Å². The second-order valence-corrected chi connectivity index (χ2v) is 7.15. The summed E-state index contributed by atoms with van der Waals surface area (Å²) in [4.78, 5) is 19.0. The maximum atomic E-state index is 12.4. The molecule has 0 aliphatic carbocycles. The Kier molecular flexibility index (Phi) is 5.23. The summed E-state index contributed by atoms with van der Waals surface area (Å²) in [5.74, 6) is 1.47. The highest BCUT2D eigenvalue weighted by Gasteiger charge is 2.25. The lowest BCUT2D eigenvalue weighted by molar-refractivity contribution is -0.131. The van der Waals surface area contributed by atoms with Crippen LogP contribution >= 0.6 is 11.8 Å². The van der Waals surface area contributed by atoms with Crippen LogP contribution in [-0.2, 0) is 10.5 Å². The van der Waals surface area contributed by atoms with Crippen LogP contribution in [0.25, 0.3) is 5.65 Å². The third kappa shape index (κ3) is 3.87. The summed E-state index contributed by atoms with van der Waals surface area (Å²) in [6, 6.07) is 4.32. The minimum atomic E-state index is 0.213. The van der Waals surface area contributed by atoms with Gasteiger partial charge in [-0.3, -0.25) is 4.79 Å². The van der Waals surface area contributed by atoms with Crippen molar-refractivity contribution in [3.8, 4) is 0 Å². The number of rotatable bonds is 5. The number of piperidine rings is 1. The summed E-state index contributed by atoms with van der Waals surface area (Å²) in [7, 11) is 0. The molecule has 1 aliphatic heterocycles. The number of nitrogens with zero attached hydrogens (tertiary/aromatic N) is 3. The number of amides is 1. The van der Waals surface area contributed by atoms with Gasteiger partial charge in [0.2, 0.25) is 5.91 Å². The lowest BCUT2D eigenvalue weighted by Gasteiger charge is -2.35. The Hall–Kier alpha value is -1.53. The van der Waals surface area contributed by atoms with E-state index in [4.69, 9.17) is 5.73 Å². The smallest absolute Gasteiger partial charge is 0.232 e. The topological polar surface area (TPSA) is 63.6 Å². The number of nitrogens with two attached hydrogens (primary N) is 1. The number of hydrogen-bond acceptors (Lipinski definition) is 4. The van der Waals surface area contributed by atoms with Gasteiger partial charge in [-0.2, -0.15) is 0 Å². The highest BCUT2D eigenvalue weighted by Crippen LogP contribution is 2.19. The van der Waals surface area contributed by atoms with Crippen LogP contribution in [0, 0.1) is 6.92 Å². The molecule has 0 bridgehead atoms. The fourth-order valence-corrected chi connectivity index (χ4v) is 3.92. The van der Waals surface area contributed by atoms with E-state index >= 15 is 0 Å². The largest absolute Gasteiger partial charge is 0.338 e. The molecular formula is C17H24N4OS. The zero-order chi connectivity index (χ0) is 16.2. The molecule has 3 heterocycles. The molecule has 0 spiro atoms. The summed E-state index contributed by atoms with van der Waals surface area (Å²) in [6.45, 7) is 3.50. The zero-order valence-electron chi connectivity index (χ0n) is 13.6. The van der Waals surface area contributed by atoms with Gasteiger partial charge in [-0.05, 0) is 37.8 Å². The molecule has 6 heteroatoms. The number of hydrogen-bond donors (Lipinski definition) is 1. The van der Waals surface area contributed by atoms with Crippen LogP contribution in [0.4, 0.5) is 0 Å². The predicted molar refractivity (Wildman–Crippen MR) is 94.5 cm³/mol. The molecule has 1 atom stereocenters. The van der Waals surface area contributed by atoms with E-state index in [1.807, 2.05) is 21.6 Å². The van der Waals surface area contributed by atoms with Gasteiger partial charge in [0.25, 0.3) is 0 Å². The van der Waals surface area contributed by atoms with Crippen LogP contribution in [0.15, 0.2) is 24.5 Å². The van der Waals surface area contributed by atoms with Gasteiger partial charge in [0, 0.05) is 37.3 Å². The average Bonchev–Trinajstić information content (AvgIpc) is 2.96. The van der Waals surface area contributed by atoms with Crippen LogP contribution < -0.4 is 5.73 Å². The Morgan fingerprint density at radius 3 is 3.09 bits per heavy atom. The van der Waals surface area contributed by atoms with Crippen LogP contribution in [0.1, 0.15) is 30.5 Å². The van der Waals surface area contributed by atoms with Gasteiger partial charge in [-0.25, -0.2) is 4.98 Å². The van der Waals surface area contributed by atoms with E-state index in [0.29, 0.717) is 12.3 Å². The standard InChI is InChI=1S/C17H24N4OS/c1-13-5-6-16-19-14(10-20(16)9-13)11-23-12-17(22)21-7-3-2-4-15(21)8-18/h5-6,9-10,15H,2-4,7-8,11-12,18H2,1H3. The predicted octanol–water partition coefficient (Wildman–Crippen LogP) is 2.22. The zero-order valence-corrected chi connectivity index (χ0v) is 14.4. The third-order valence-corrected chi connectivity index (χ3v) is 5.29. The van der Waals surface area contributed by atoms with Crippen molar-refractivity contribution in [3.63, 3.8) is 0 Å². The molecule has 1 amide bonds. The quantitative estimate of drug-likeness (QED) is 0.912. The molecule has 0 aromatic carbocycles. The fraction of sp³-hybridized carbons (Fsp3) is 0.529. The third-order valence-electron chi connectivity index (χ3n) is 4.34. The van der Waals surface area contributed by atoms with Crippen molar-refractivity contribution >= 4 is 23.3 Å². The molecule has 3 rings (SSSR count). The normalized spacial score (nSPS) is 18.5. The van der Waals surface area contributed by atoms with Crippen molar-refractivity contribution in [2.75, 3.05) is 18.8 Å². The van der Waals surface area contributed by atoms with Crippen molar-refractivity contribution in [3.05, 3.63) is 35.8 Å². The summed E-state index contributed by atoms with van der Waals surface area (Å²) in [5, 5.41) is 0. The van der Waals surface area contributed by atoms with Gasteiger partial charge in [-0.15, -0.1) is 11.8 Å². The number of thioether (sulfide) groups is 1. The van der Waals surface area contributed by atoms with Gasteiger partial charge in [0.15, 0.2) is 0 Å². The Morgan fingerprint density at radius 1 is 1.39 bits per heavy atom. The summed E-state index contributed by atoms with van der Waals surface area (Å²) in [5.41, 5.74) is 8.97. The monoisotopic (exact) mass is 332 g/mol. The first-order valence-corrected chi connectivity index (χ1v) is 9.34. The molecule has 1 fully saturated rings. The number of pyridine rings is 1. The van der Waals surface area contributed by atoms with Crippen LogP contribution in [0.2, 0.25) is 0 Å². The Labute approximate surface area is 141 Å². The first-order chi connectivity index (χ1) is 11.2. The number of fused-ring (bicyclic) bond motifs is 1. The van der Waals surface area contributed by atoms with Gasteiger partial charge in [-0.1, -0.05) is 6.07 Å². The van der Waals surface area contributed by atoms with Crippen molar-refractivity contribution in [1.29, 1.82) is 0 Å². The van der Waals surface area contributed by atoms with E-state index < -0.39 is 0 Å². The maximum absolute atomic E-state index is 12.4. The number of likely N-dealkylation sites (tertiary alicyclic amines) is 1. The molecule has 5 nitrogen and oxygen atoms in total. The number of aromatic nitrogens is 2. The van der Waals surface area contributed by atoms with Crippen LogP contribution in [0.5, 0.6) is 0 Å². The Bertz CT molecular complexity index is 684. The molecular weight excluding hydrogens is 308 g/mol. The van der Waals surface area contributed by atoms with Gasteiger partial charge in [0.05, 0.1) is 11.4 Å². The summed E-state index contributed by atoms with van der Waals surface area (Å²) in [6.07, 6.45) is 7.43. The van der Waals surface area contributed by atoms with Crippen LogP contribution in [0.3, 0.4) is 0 Å². The van der Waals surface area contributed by atoms with E-state index in [9.17, 15) is 4.79 Å². The van der Waals surface area contributed by atoms with E-state index in [0.717, 1.165) is 36.5 Å². The highest BCUT2D eigenvalue weighted by atomic mass is 32.2. The minimum Gasteiger partial charge on any atom is -0.338 e. The van der Waals surface area contributed by atoms with Crippen molar-refractivity contribution in [1.82, 2.24) is 14.3 Å². The SMILES string of the molecule is Cc1ccc2nc(CSCC(=O)N3CCCCC3CN)cn2c1. The van der Waals surface area contributed by atoms with Gasteiger partial charge < -0.3 is 15.0 Å². The van der Waals surface area contributed by atoms with Crippen LogP contribution in [-0.4, -0.2) is 45.1 Å². The van der Waals surface area contributed by atoms with E-state index in [-0.39, 0.29) is 11.9 Å². The summed E-state index contributed by atoms with van der Waals surface area (Å²) < 4.78 is 2.04. The average molecular weight is 332 g/mol. The van der Waals surface area contributed by atoms with E-state index in [2.05, 4.69) is 24.2 Å². The van der Waals surface area contributed by atoms with E-state index in [1.54, 1.807) is 11.8 Å². The molecule has 2 N–H and O–H groups in total. The highest BCUT2D eigenvalue weighted by molar-refractivity contribution is 7.99. The first kappa shape index (κ1) is 16.3. The second kappa shape index (κ2) is 7.36. The molecule has 124 valence electrons. The van der Waals surface area contributed by atoms with Gasteiger partial charge >= 0.3 is 0 Å². The Morgan fingerprint density at radius 2 is 2.26 bits per heavy atom. The number of carbonyl (C=O) groups excluding carboxylic acids is 1. The molecule has 0 radical (unpaired) electrons. The molecule has 2 aromatic rings. The molecule has 1 saturated heterocycles. The second-order valence-electron chi connectivity index (χ2n) is 6.17. The van der Waals surface area contributed by atoms with Crippen molar-refractivity contribution < 1.29 is 4.79 Å². The van der Waals surface area contributed by atoms with Crippen molar-refractivity contribution in [2.45, 2.75) is 38.0 Å². The molecule has 2 aromatic heterocycles. The number of aryl methyl sites for hydroxylation is 1. The molecule has 23 heavy (non-hydrogen) atoms.